The van der Waals surface area contributed by atoms with E-state index in [1.165, 1.54) is 0 Å². The van der Waals surface area contributed by atoms with Crippen molar-refractivity contribution < 1.29 is 4.79 Å². The minimum atomic E-state index is 0.596. The molecule has 0 fully saturated rings. The van der Waals surface area contributed by atoms with Crippen LogP contribution in [0.4, 0.5) is 0 Å². The van der Waals surface area contributed by atoms with Crippen LogP contribution in [0.2, 0.25) is 5.02 Å². The molecule has 0 saturated carbocycles. The van der Waals surface area contributed by atoms with Crippen LogP contribution < -0.4 is 0 Å². The van der Waals surface area contributed by atoms with Gasteiger partial charge in [-0.15, -0.1) is 11.3 Å². The topological polar surface area (TPSA) is 34.9 Å². The summed E-state index contributed by atoms with van der Waals surface area (Å²) in [6, 6.07) is 11.5. The predicted molar refractivity (Wildman–Crippen MR) is 89.2 cm³/mol. The van der Waals surface area contributed by atoms with Crippen LogP contribution in [0.1, 0.15) is 15.9 Å². The maximum atomic E-state index is 11.2. The van der Waals surface area contributed by atoms with E-state index < -0.39 is 0 Å². The molecule has 0 aliphatic rings. The Morgan fingerprint density at radius 1 is 1.24 bits per heavy atom. The number of hydrogen-bond donors (Lipinski definition) is 0. The van der Waals surface area contributed by atoms with Crippen LogP contribution in [0.15, 0.2) is 46.4 Å². The second-order valence-corrected chi connectivity index (χ2v) is 7.38. The van der Waals surface area contributed by atoms with Crippen molar-refractivity contribution in [3.05, 3.63) is 62.5 Å². The molecule has 21 heavy (non-hydrogen) atoms. The summed E-state index contributed by atoms with van der Waals surface area (Å²) in [5, 5.41) is 5.23. The Morgan fingerprint density at radius 2 is 2.00 bits per heavy atom. The van der Waals surface area contributed by atoms with Gasteiger partial charge in [0.1, 0.15) is 5.69 Å². The van der Waals surface area contributed by atoms with Gasteiger partial charge in [-0.05, 0) is 45.8 Å². The Labute approximate surface area is 139 Å². The highest BCUT2D eigenvalue weighted by molar-refractivity contribution is 9.11. The molecule has 106 valence electrons. The van der Waals surface area contributed by atoms with Crippen molar-refractivity contribution in [3.8, 4) is 10.6 Å². The largest absolute Gasteiger partial charge is 0.298 e. The summed E-state index contributed by atoms with van der Waals surface area (Å²) in [6.45, 7) is 0.602. The zero-order valence-corrected chi connectivity index (χ0v) is 14.0. The number of halogens is 2. The van der Waals surface area contributed by atoms with Gasteiger partial charge in [-0.3, -0.25) is 9.48 Å². The molecule has 0 amide bonds. The molecule has 0 spiro atoms. The van der Waals surface area contributed by atoms with Crippen LogP contribution in [-0.4, -0.2) is 16.1 Å². The van der Waals surface area contributed by atoms with Gasteiger partial charge >= 0.3 is 0 Å². The number of aromatic nitrogens is 2. The van der Waals surface area contributed by atoms with E-state index in [0.717, 1.165) is 26.2 Å². The van der Waals surface area contributed by atoms with Crippen molar-refractivity contribution in [2.24, 2.45) is 0 Å². The monoisotopic (exact) mass is 380 g/mol. The highest BCUT2D eigenvalue weighted by atomic mass is 79.9. The van der Waals surface area contributed by atoms with Gasteiger partial charge < -0.3 is 0 Å². The number of aldehydes is 1. The molecular weight excluding hydrogens is 372 g/mol. The van der Waals surface area contributed by atoms with Gasteiger partial charge in [-0.25, -0.2) is 0 Å². The fourth-order valence-corrected chi connectivity index (χ4v) is 3.53. The third-order valence-corrected chi connectivity index (χ3v) is 4.86. The standard InChI is InChI=1S/C15H10BrClN2OS/c16-14-6-5-13(21-14)15-11(9-20)8-19(18-15)7-10-1-3-12(17)4-2-10/h1-6,8-9H,7H2. The van der Waals surface area contributed by atoms with Crippen molar-refractivity contribution >= 4 is 45.2 Å². The quantitative estimate of drug-likeness (QED) is 0.603. The van der Waals surface area contributed by atoms with Crippen LogP contribution in [0.5, 0.6) is 0 Å². The molecule has 0 aliphatic carbocycles. The van der Waals surface area contributed by atoms with Gasteiger partial charge in [-0.1, -0.05) is 23.7 Å². The zero-order valence-electron chi connectivity index (χ0n) is 10.8. The number of thiophene rings is 1. The van der Waals surface area contributed by atoms with Crippen molar-refractivity contribution in [2.75, 3.05) is 0 Å². The Balaban J connectivity index is 1.92. The molecule has 0 aliphatic heterocycles. The third-order valence-electron chi connectivity index (χ3n) is 2.98. The zero-order chi connectivity index (χ0) is 14.8. The summed E-state index contributed by atoms with van der Waals surface area (Å²) in [4.78, 5) is 12.2. The lowest BCUT2D eigenvalue weighted by atomic mass is 10.2. The van der Waals surface area contributed by atoms with Crippen LogP contribution in [-0.2, 0) is 6.54 Å². The molecule has 6 heteroatoms. The van der Waals surface area contributed by atoms with E-state index in [1.54, 1.807) is 22.2 Å². The van der Waals surface area contributed by atoms with Crippen molar-refractivity contribution in [3.63, 3.8) is 0 Å². The minimum absolute atomic E-state index is 0.596. The first-order valence-electron chi connectivity index (χ1n) is 6.18. The first-order chi connectivity index (χ1) is 10.2. The molecule has 0 radical (unpaired) electrons. The summed E-state index contributed by atoms with van der Waals surface area (Å²) in [7, 11) is 0. The van der Waals surface area contributed by atoms with E-state index in [4.69, 9.17) is 11.6 Å². The Morgan fingerprint density at radius 3 is 2.62 bits per heavy atom. The lowest BCUT2D eigenvalue weighted by Crippen LogP contribution is -1.99. The minimum Gasteiger partial charge on any atom is -0.298 e. The van der Waals surface area contributed by atoms with Gasteiger partial charge in [0.2, 0.25) is 0 Å². The average Bonchev–Trinajstić information content (AvgIpc) is 3.07. The summed E-state index contributed by atoms with van der Waals surface area (Å²) < 4.78 is 2.79. The Hall–Kier alpha value is -1.43. The van der Waals surface area contributed by atoms with Gasteiger partial charge in [0.25, 0.3) is 0 Å². The van der Waals surface area contributed by atoms with E-state index >= 15 is 0 Å². The van der Waals surface area contributed by atoms with E-state index in [-0.39, 0.29) is 0 Å². The Bertz CT molecular complexity index is 779. The molecule has 2 heterocycles. The number of rotatable bonds is 4. The van der Waals surface area contributed by atoms with Crippen LogP contribution in [0, 0.1) is 0 Å². The molecule has 3 aromatic rings. The summed E-state index contributed by atoms with van der Waals surface area (Å²) in [6.07, 6.45) is 2.61. The first kappa shape index (κ1) is 14.5. The molecule has 0 atom stereocenters. The smallest absolute Gasteiger partial charge is 0.153 e. The maximum Gasteiger partial charge on any atom is 0.153 e. The van der Waals surface area contributed by atoms with Gasteiger partial charge in [-0.2, -0.15) is 5.10 Å². The van der Waals surface area contributed by atoms with E-state index in [2.05, 4.69) is 21.0 Å². The highest BCUT2D eigenvalue weighted by Gasteiger charge is 2.12. The molecule has 0 unspecified atom stereocenters. The van der Waals surface area contributed by atoms with Gasteiger partial charge in [0.05, 0.1) is 20.8 Å². The maximum absolute atomic E-state index is 11.2. The fourth-order valence-electron chi connectivity index (χ4n) is 2.01. The van der Waals surface area contributed by atoms with Crippen molar-refractivity contribution in [1.82, 2.24) is 9.78 Å². The van der Waals surface area contributed by atoms with E-state index in [0.29, 0.717) is 17.1 Å². The summed E-state index contributed by atoms with van der Waals surface area (Å²) in [5.41, 5.74) is 2.39. The molecule has 1 aromatic carbocycles. The molecule has 0 saturated heterocycles. The third kappa shape index (κ3) is 3.26. The van der Waals surface area contributed by atoms with E-state index in [1.807, 2.05) is 36.4 Å². The average molecular weight is 382 g/mol. The first-order valence-corrected chi connectivity index (χ1v) is 8.17. The summed E-state index contributed by atoms with van der Waals surface area (Å²) in [5.74, 6) is 0. The molecule has 3 nitrogen and oxygen atoms in total. The number of carbonyl (C=O) groups excluding carboxylic acids is 1. The Kier molecular flexibility index (Phi) is 4.24. The lowest BCUT2D eigenvalue weighted by molar-refractivity contribution is 0.112. The molecule has 2 aromatic heterocycles. The fraction of sp³-hybridized carbons (Fsp3) is 0.0667. The van der Waals surface area contributed by atoms with Gasteiger partial charge in [0, 0.05) is 11.2 Å². The number of hydrogen-bond acceptors (Lipinski definition) is 3. The van der Waals surface area contributed by atoms with Gasteiger partial charge in [0.15, 0.2) is 6.29 Å². The lowest BCUT2D eigenvalue weighted by Gasteiger charge is -2.01. The van der Waals surface area contributed by atoms with Crippen LogP contribution >= 0.6 is 38.9 Å². The van der Waals surface area contributed by atoms with Crippen molar-refractivity contribution in [1.29, 1.82) is 0 Å². The second-order valence-electron chi connectivity index (χ2n) is 4.48. The molecule has 3 rings (SSSR count). The van der Waals surface area contributed by atoms with Crippen LogP contribution in [0.25, 0.3) is 10.6 Å². The highest BCUT2D eigenvalue weighted by Crippen LogP contribution is 2.31. The second kappa shape index (κ2) is 6.13. The molecule has 0 bridgehead atoms. The number of carbonyl (C=O) groups is 1. The number of benzene rings is 1. The predicted octanol–water partition coefficient (Wildman–Crippen LogP) is 4.89. The number of nitrogens with zero attached hydrogens (tertiary/aromatic N) is 2. The normalized spacial score (nSPS) is 10.8. The molecular formula is C15H10BrClN2OS. The molecule has 0 N–H and O–H groups in total. The van der Waals surface area contributed by atoms with E-state index in [9.17, 15) is 4.79 Å². The van der Waals surface area contributed by atoms with Crippen LogP contribution in [0.3, 0.4) is 0 Å². The van der Waals surface area contributed by atoms with Crippen molar-refractivity contribution in [2.45, 2.75) is 6.54 Å². The SMILES string of the molecule is O=Cc1cn(Cc2ccc(Cl)cc2)nc1-c1ccc(Br)s1. The summed E-state index contributed by atoms with van der Waals surface area (Å²) >= 11 is 10.9.